The molecule has 1 aromatic rings. The zero-order chi connectivity index (χ0) is 13.1. The zero-order valence-corrected chi connectivity index (χ0v) is 11.8. The number of hydrogen-bond donors (Lipinski definition) is 2. The Labute approximate surface area is 117 Å². The highest BCUT2D eigenvalue weighted by molar-refractivity contribution is 7.13. The number of aromatic nitrogens is 1. The molecule has 2 saturated heterocycles. The van der Waals surface area contributed by atoms with Crippen LogP contribution in [0.25, 0.3) is 0 Å². The van der Waals surface area contributed by atoms with Gasteiger partial charge in [-0.15, -0.1) is 11.3 Å². The van der Waals surface area contributed by atoms with Crippen LogP contribution in [0.5, 0.6) is 0 Å². The molecule has 1 amide bonds. The summed E-state index contributed by atoms with van der Waals surface area (Å²) >= 11 is 1.61. The summed E-state index contributed by atoms with van der Waals surface area (Å²) in [6.07, 6.45) is 6.04. The fourth-order valence-electron chi connectivity index (χ4n) is 2.90. The van der Waals surface area contributed by atoms with Crippen molar-refractivity contribution in [2.24, 2.45) is 0 Å². The Morgan fingerprint density at radius 1 is 1.47 bits per heavy atom. The van der Waals surface area contributed by atoms with Gasteiger partial charge in [0.15, 0.2) is 5.13 Å². The number of piperidine rings is 1. The summed E-state index contributed by atoms with van der Waals surface area (Å²) in [4.78, 5) is 18.9. The minimum atomic E-state index is -0.0342. The third kappa shape index (κ3) is 2.90. The van der Waals surface area contributed by atoms with Crippen LogP contribution in [0.15, 0.2) is 11.6 Å². The molecule has 2 aliphatic rings. The van der Waals surface area contributed by atoms with Gasteiger partial charge in [0.05, 0.1) is 0 Å². The number of carbonyl (C=O) groups excluding carboxylic acids is 1. The zero-order valence-electron chi connectivity index (χ0n) is 11.0. The fourth-order valence-corrected chi connectivity index (χ4v) is 3.62. The summed E-state index contributed by atoms with van der Waals surface area (Å²) in [5.41, 5.74) is 0. The van der Waals surface area contributed by atoms with Crippen molar-refractivity contribution in [3.63, 3.8) is 0 Å². The Balaban J connectivity index is 1.62. The quantitative estimate of drug-likeness (QED) is 0.866. The Morgan fingerprint density at radius 2 is 2.42 bits per heavy atom. The van der Waals surface area contributed by atoms with E-state index in [2.05, 4.69) is 20.5 Å². The third-order valence-electron chi connectivity index (χ3n) is 3.86. The number of anilines is 1. The van der Waals surface area contributed by atoms with Crippen LogP contribution in [0.1, 0.15) is 25.7 Å². The molecular formula is C13H20N4OS. The summed E-state index contributed by atoms with van der Waals surface area (Å²) in [6.45, 7) is 2.91. The van der Waals surface area contributed by atoms with Gasteiger partial charge in [0, 0.05) is 30.7 Å². The molecule has 104 valence electrons. The van der Waals surface area contributed by atoms with E-state index in [-0.39, 0.29) is 11.9 Å². The molecule has 3 heterocycles. The fraction of sp³-hybridized carbons (Fsp3) is 0.692. The molecule has 0 spiro atoms. The summed E-state index contributed by atoms with van der Waals surface area (Å²) in [7, 11) is 0. The Bertz CT molecular complexity index is 416. The first-order valence-electron chi connectivity index (χ1n) is 7.02. The lowest BCUT2D eigenvalue weighted by Gasteiger charge is -2.28. The topological polar surface area (TPSA) is 57.3 Å². The molecule has 0 aromatic carbocycles. The standard InChI is InChI=1S/C13H20N4OS/c18-12(16-10-3-1-5-14-9-10)11-4-2-7-17(11)13-15-6-8-19-13/h6,8,10-11,14H,1-5,7,9H2,(H,16,18)/t10-,11?/m0/s1. The van der Waals surface area contributed by atoms with Crippen molar-refractivity contribution >= 4 is 22.4 Å². The van der Waals surface area contributed by atoms with Gasteiger partial charge >= 0.3 is 0 Å². The average molecular weight is 280 g/mol. The highest BCUT2D eigenvalue weighted by atomic mass is 32.1. The Kier molecular flexibility index (Phi) is 3.98. The number of nitrogens with zero attached hydrogens (tertiary/aromatic N) is 2. The van der Waals surface area contributed by atoms with Gasteiger partial charge in [-0.1, -0.05) is 0 Å². The van der Waals surface area contributed by atoms with Gasteiger partial charge in [-0.3, -0.25) is 4.79 Å². The normalized spacial score (nSPS) is 27.5. The van der Waals surface area contributed by atoms with E-state index < -0.39 is 0 Å². The number of hydrogen-bond acceptors (Lipinski definition) is 5. The van der Waals surface area contributed by atoms with Crippen LogP contribution < -0.4 is 15.5 Å². The Hall–Kier alpha value is -1.14. The van der Waals surface area contributed by atoms with Crippen molar-refractivity contribution in [3.05, 3.63) is 11.6 Å². The van der Waals surface area contributed by atoms with E-state index in [0.29, 0.717) is 6.04 Å². The predicted octanol–water partition coefficient (Wildman–Crippen LogP) is 0.980. The highest BCUT2D eigenvalue weighted by Gasteiger charge is 2.33. The molecule has 0 bridgehead atoms. The molecule has 0 radical (unpaired) electrons. The van der Waals surface area contributed by atoms with Crippen LogP contribution in [0.3, 0.4) is 0 Å². The van der Waals surface area contributed by atoms with Crippen LogP contribution in [-0.2, 0) is 4.79 Å². The van der Waals surface area contributed by atoms with Crippen molar-refractivity contribution in [2.45, 2.75) is 37.8 Å². The van der Waals surface area contributed by atoms with Gasteiger partial charge < -0.3 is 15.5 Å². The predicted molar refractivity (Wildman–Crippen MR) is 76.5 cm³/mol. The van der Waals surface area contributed by atoms with Crippen LogP contribution >= 0.6 is 11.3 Å². The molecular weight excluding hydrogens is 260 g/mol. The molecule has 2 fully saturated rings. The van der Waals surface area contributed by atoms with Gasteiger partial charge in [0.25, 0.3) is 0 Å². The van der Waals surface area contributed by atoms with Crippen molar-refractivity contribution in [1.82, 2.24) is 15.6 Å². The van der Waals surface area contributed by atoms with Crippen molar-refractivity contribution < 1.29 is 4.79 Å². The van der Waals surface area contributed by atoms with Gasteiger partial charge in [-0.2, -0.15) is 0 Å². The van der Waals surface area contributed by atoms with Crippen molar-refractivity contribution in [3.8, 4) is 0 Å². The molecule has 19 heavy (non-hydrogen) atoms. The molecule has 1 aromatic heterocycles. The summed E-state index contributed by atoms with van der Waals surface area (Å²) in [5, 5.41) is 9.46. The molecule has 3 rings (SSSR count). The molecule has 1 unspecified atom stereocenters. The number of rotatable bonds is 3. The minimum absolute atomic E-state index is 0.0342. The first-order chi connectivity index (χ1) is 9.34. The van der Waals surface area contributed by atoms with E-state index in [1.54, 1.807) is 17.5 Å². The highest BCUT2D eigenvalue weighted by Crippen LogP contribution is 2.27. The first-order valence-corrected chi connectivity index (χ1v) is 7.90. The lowest BCUT2D eigenvalue weighted by Crippen LogP contribution is -2.51. The monoisotopic (exact) mass is 280 g/mol. The molecule has 2 N–H and O–H groups in total. The maximum absolute atomic E-state index is 12.4. The molecule has 6 heteroatoms. The van der Waals surface area contributed by atoms with E-state index >= 15 is 0 Å². The second kappa shape index (κ2) is 5.88. The second-order valence-corrected chi connectivity index (χ2v) is 6.09. The minimum Gasteiger partial charge on any atom is -0.350 e. The molecule has 5 nitrogen and oxygen atoms in total. The van der Waals surface area contributed by atoms with Gasteiger partial charge in [0.2, 0.25) is 5.91 Å². The molecule has 0 aliphatic carbocycles. The van der Waals surface area contributed by atoms with Crippen molar-refractivity contribution in [2.75, 3.05) is 24.5 Å². The second-order valence-electron chi connectivity index (χ2n) is 5.22. The average Bonchev–Trinajstić information content (AvgIpc) is 3.10. The number of nitrogens with one attached hydrogen (secondary N) is 2. The molecule has 2 aliphatic heterocycles. The van der Waals surface area contributed by atoms with Gasteiger partial charge in [-0.05, 0) is 32.2 Å². The maximum Gasteiger partial charge on any atom is 0.243 e. The molecule has 0 saturated carbocycles. The van der Waals surface area contributed by atoms with Crippen LogP contribution in [0, 0.1) is 0 Å². The van der Waals surface area contributed by atoms with Gasteiger partial charge in [0.1, 0.15) is 6.04 Å². The van der Waals surface area contributed by atoms with Crippen LogP contribution in [0.2, 0.25) is 0 Å². The summed E-state index contributed by atoms with van der Waals surface area (Å²) in [5.74, 6) is 0.168. The smallest absolute Gasteiger partial charge is 0.243 e. The van der Waals surface area contributed by atoms with Gasteiger partial charge in [-0.25, -0.2) is 4.98 Å². The first kappa shape index (κ1) is 12.9. The lowest BCUT2D eigenvalue weighted by atomic mass is 10.1. The van der Waals surface area contributed by atoms with E-state index in [1.165, 1.54) is 0 Å². The van der Waals surface area contributed by atoms with Crippen LogP contribution in [0.4, 0.5) is 5.13 Å². The largest absolute Gasteiger partial charge is 0.350 e. The third-order valence-corrected chi connectivity index (χ3v) is 4.67. The number of thiazole rings is 1. The lowest BCUT2D eigenvalue weighted by molar-refractivity contribution is -0.123. The van der Waals surface area contributed by atoms with E-state index in [9.17, 15) is 4.79 Å². The Morgan fingerprint density at radius 3 is 3.16 bits per heavy atom. The number of carbonyl (C=O) groups is 1. The number of amides is 1. The SMILES string of the molecule is O=C(N[C@H]1CCCNC1)C1CCCN1c1nccs1. The van der Waals surface area contributed by atoms with Crippen LogP contribution in [-0.4, -0.2) is 42.6 Å². The van der Waals surface area contributed by atoms with E-state index in [1.807, 2.05) is 5.38 Å². The van der Waals surface area contributed by atoms with E-state index in [4.69, 9.17) is 0 Å². The maximum atomic E-state index is 12.4. The summed E-state index contributed by atoms with van der Waals surface area (Å²) < 4.78 is 0. The van der Waals surface area contributed by atoms with E-state index in [0.717, 1.165) is 50.4 Å². The summed E-state index contributed by atoms with van der Waals surface area (Å²) in [6, 6.07) is 0.257. The molecule has 2 atom stereocenters. The van der Waals surface area contributed by atoms with Crippen molar-refractivity contribution in [1.29, 1.82) is 0 Å².